The quantitative estimate of drug-likeness (QED) is 0.499. The van der Waals surface area contributed by atoms with Crippen LogP contribution in [0.2, 0.25) is 0 Å². The molecule has 1 heterocycles. The van der Waals surface area contributed by atoms with Gasteiger partial charge in [-0.05, 0) is 42.8 Å². The maximum atomic E-state index is 14.0. The number of sulfone groups is 1. The van der Waals surface area contributed by atoms with Gasteiger partial charge in [0.1, 0.15) is 10.7 Å². The normalized spacial score (nSPS) is 11.5. The van der Waals surface area contributed by atoms with E-state index in [0.717, 1.165) is 11.1 Å². The first-order valence-electron chi connectivity index (χ1n) is 9.13. The molecule has 0 amide bonds. The van der Waals surface area contributed by atoms with Crippen LogP contribution in [-0.2, 0) is 16.4 Å². The lowest BCUT2D eigenvalue weighted by Gasteiger charge is -2.15. The standard InChI is InChI=1S/C23H19FN2O2S/c1-16-7-10-19(11-8-16)29(27,28)22-15-25-21-12-9-18(24)13-20(21)23(22)26-14-17-5-3-2-4-6-17/h2-13,15H,14H2,1H3,(H,25,26). The molecule has 0 bridgehead atoms. The molecule has 0 fully saturated rings. The fourth-order valence-corrected chi connectivity index (χ4v) is 4.55. The van der Waals surface area contributed by atoms with E-state index in [2.05, 4.69) is 10.3 Å². The number of halogens is 1. The maximum absolute atomic E-state index is 14.0. The molecule has 0 atom stereocenters. The van der Waals surface area contributed by atoms with Gasteiger partial charge in [0.05, 0.1) is 16.1 Å². The Morgan fingerprint density at radius 3 is 2.41 bits per heavy atom. The zero-order valence-electron chi connectivity index (χ0n) is 15.8. The van der Waals surface area contributed by atoms with Crippen molar-refractivity contribution in [1.82, 2.24) is 4.98 Å². The molecule has 0 radical (unpaired) electrons. The molecule has 0 aliphatic heterocycles. The molecule has 0 aliphatic rings. The van der Waals surface area contributed by atoms with Crippen molar-refractivity contribution >= 4 is 26.4 Å². The van der Waals surface area contributed by atoms with Crippen LogP contribution in [-0.4, -0.2) is 13.4 Å². The highest BCUT2D eigenvalue weighted by Gasteiger charge is 2.24. The van der Waals surface area contributed by atoms with E-state index in [0.29, 0.717) is 23.1 Å². The minimum Gasteiger partial charge on any atom is -0.379 e. The Morgan fingerprint density at radius 2 is 1.69 bits per heavy atom. The second kappa shape index (κ2) is 7.64. The summed E-state index contributed by atoms with van der Waals surface area (Å²) in [6, 6.07) is 20.4. The summed E-state index contributed by atoms with van der Waals surface area (Å²) >= 11 is 0. The lowest BCUT2D eigenvalue weighted by Crippen LogP contribution is -2.09. The summed E-state index contributed by atoms with van der Waals surface area (Å²) in [5, 5.41) is 3.63. The Bertz CT molecular complexity index is 1270. The average molecular weight is 406 g/mol. The summed E-state index contributed by atoms with van der Waals surface area (Å²) in [4.78, 5) is 4.45. The van der Waals surface area contributed by atoms with E-state index < -0.39 is 15.7 Å². The predicted molar refractivity (Wildman–Crippen MR) is 112 cm³/mol. The van der Waals surface area contributed by atoms with Crippen molar-refractivity contribution in [3.8, 4) is 0 Å². The van der Waals surface area contributed by atoms with Gasteiger partial charge in [0.2, 0.25) is 9.84 Å². The SMILES string of the molecule is Cc1ccc(S(=O)(=O)c2cnc3ccc(F)cc3c2NCc2ccccc2)cc1. The Kier molecular flexibility index (Phi) is 5.03. The summed E-state index contributed by atoms with van der Waals surface area (Å²) < 4.78 is 40.6. The van der Waals surface area contributed by atoms with Crippen LogP contribution in [0.4, 0.5) is 10.1 Å². The minimum atomic E-state index is -3.84. The summed E-state index contributed by atoms with van der Waals surface area (Å²) in [6.07, 6.45) is 1.34. The molecule has 146 valence electrons. The smallest absolute Gasteiger partial charge is 0.210 e. The van der Waals surface area contributed by atoms with Gasteiger partial charge in [-0.1, -0.05) is 48.0 Å². The Morgan fingerprint density at radius 1 is 0.966 bits per heavy atom. The van der Waals surface area contributed by atoms with Crippen LogP contribution in [0.5, 0.6) is 0 Å². The predicted octanol–water partition coefficient (Wildman–Crippen LogP) is 5.13. The van der Waals surface area contributed by atoms with Crippen LogP contribution in [0.1, 0.15) is 11.1 Å². The van der Waals surface area contributed by atoms with Crippen LogP contribution < -0.4 is 5.32 Å². The van der Waals surface area contributed by atoms with Crippen molar-refractivity contribution in [3.63, 3.8) is 0 Å². The molecular weight excluding hydrogens is 387 g/mol. The number of aryl methyl sites for hydroxylation is 1. The number of hydrogen-bond acceptors (Lipinski definition) is 4. The van der Waals surface area contributed by atoms with Crippen molar-refractivity contribution in [2.45, 2.75) is 23.3 Å². The Labute approximate surface area is 169 Å². The monoisotopic (exact) mass is 406 g/mol. The molecule has 29 heavy (non-hydrogen) atoms. The molecule has 6 heteroatoms. The molecule has 0 spiro atoms. The molecule has 4 nitrogen and oxygen atoms in total. The third-order valence-corrected chi connectivity index (χ3v) is 6.51. The van der Waals surface area contributed by atoms with E-state index in [4.69, 9.17) is 0 Å². The molecule has 4 aromatic rings. The molecule has 0 aliphatic carbocycles. The van der Waals surface area contributed by atoms with Gasteiger partial charge in [-0.3, -0.25) is 4.98 Å². The zero-order valence-corrected chi connectivity index (χ0v) is 16.6. The maximum Gasteiger partial charge on any atom is 0.210 e. The lowest BCUT2D eigenvalue weighted by molar-refractivity contribution is 0.596. The number of rotatable bonds is 5. The summed E-state index contributed by atoms with van der Waals surface area (Å²) in [7, 11) is -3.84. The minimum absolute atomic E-state index is 0.0235. The highest BCUT2D eigenvalue weighted by Crippen LogP contribution is 2.33. The summed E-state index contributed by atoms with van der Waals surface area (Å²) in [5.74, 6) is -0.452. The first kappa shape index (κ1) is 19.1. The first-order chi connectivity index (χ1) is 13.9. The summed E-state index contributed by atoms with van der Waals surface area (Å²) in [5.41, 5.74) is 2.81. The molecular formula is C23H19FN2O2S. The van der Waals surface area contributed by atoms with Gasteiger partial charge in [-0.15, -0.1) is 0 Å². The Hall–Kier alpha value is -3.25. The van der Waals surface area contributed by atoms with Crippen LogP contribution >= 0.6 is 0 Å². The van der Waals surface area contributed by atoms with Gasteiger partial charge < -0.3 is 5.32 Å². The Balaban J connectivity index is 1.87. The summed E-state index contributed by atoms with van der Waals surface area (Å²) in [6.45, 7) is 2.29. The van der Waals surface area contributed by atoms with Gasteiger partial charge in [0.15, 0.2) is 0 Å². The van der Waals surface area contributed by atoms with E-state index in [-0.39, 0.29) is 9.79 Å². The number of aromatic nitrogens is 1. The van der Waals surface area contributed by atoms with Gasteiger partial charge >= 0.3 is 0 Å². The van der Waals surface area contributed by atoms with Gasteiger partial charge in [0.25, 0.3) is 0 Å². The molecule has 4 rings (SSSR count). The van der Waals surface area contributed by atoms with Crippen molar-refractivity contribution in [3.05, 3.63) is 95.9 Å². The van der Waals surface area contributed by atoms with E-state index in [1.165, 1.54) is 18.3 Å². The van der Waals surface area contributed by atoms with E-state index in [1.54, 1.807) is 30.3 Å². The number of pyridine rings is 1. The molecule has 3 aromatic carbocycles. The van der Waals surface area contributed by atoms with E-state index in [1.807, 2.05) is 37.3 Å². The van der Waals surface area contributed by atoms with Crippen LogP contribution in [0, 0.1) is 12.7 Å². The number of nitrogens with zero attached hydrogens (tertiary/aromatic N) is 1. The molecule has 0 saturated carbocycles. The van der Waals surface area contributed by atoms with Crippen molar-refractivity contribution in [2.24, 2.45) is 0 Å². The molecule has 1 N–H and O–H groups in total. The van der Waals surface area contributed by atoms with Crippen LogP contribution in [0.15, 0.2) is 88.8 Å². The van der Waals surface area contributed by atoms with E-state index >= 15 is 0 Å². The third kappa shape index (κ3) is 3.84. The molecule has 0 saturated heterocycles. The zero-order chi connectivity index (χ0) is 20.4. The third-order valence-electron chi connectivity index (χ3n) is 4.73. The van der Waals surface area contributed by atoms with Gasteiger partial charge in [0, 0.05) is 18.1 Å². The fourth-order valence-electron chi connectivity index (χ4n) is 3.16. The lowest BCUT2D eigenvalue weighted by atomic mass is 10.1. The second-order valence-corrected chi connectivity index (χ2v) is 8.73. The number of hydrogen-bond donors (Lipinski definition) is 1. The van der Waals surface area contributed by atoms with Crippen molar-refractivity contribution in [2.75, 3.05) is 5.32 Å². The number of benzene rings is 3. The number of anilines is 1. The highest BCUT2D eigenvalue weighted by atomic mass is 32.2. The largest absolute Gasteiger partial charge is 0.379 e. The van der Waals surface area contributed by atoms with Crippen LogP contribution in [0.3, 0.4) is 0 Å². The second-order valence-electron chi connectivity index (χ2n) is 6.81. The average Bonchev–Trinajstić information content (AvgIpc) is 2.73. The van der Waals surface area contributed by atoms with Crippen molar-refractivity contribution in [1.29, 1.82) is 0 Å². The highest BCUT2D eigenvalue weighted by molar-refractivity contribution is 7.91. The van der Waals surface area contributed by atoms with Crippen LogP contribution in [0.25, 0.3) is 10.9 Å². The van der Waals surface area contributed by atoms with Crippen molar-refractivity contribution < 1.29 is 12.8 Å². The number of nitrogens with one attached hydrogen (secondary N) is 1. The topological polar surface area (TPSA) is 59.1 Å². The molecule has 1 aromatic heterocycles. The first-order valence-corrected chi connectivity index (χ1v) is 10.6. The van der Waals surface area contributed by atoms with Gasteiger partial charge in [-0.25, -0.2) is 12.8 Å². The fraction of sp³-hybridized carbons (Fsp3) is 0.0870. The number of fused-ring (bicyclic) bond motifs is 1. The van der Waals surface area contributed by atoms with Gasteiger partial charge in [-0.2, -0.15) is 0 Å². The van der Waals surface area contributed by atoms with E-state index in [9.17, 15) is 12.8 Å². The molecule has 0 unspecified atom stereocenters.